The molecule has 0 N–H and O–H groups in total. The maximum absolute atomic E-state index is 12.1. The van der Waals surface area contributed by atoms with E-state index in [-0.39, 0.29) is 5.75 Å². The van der Waals surface area contributed by atoms with Crippen LogP contribution in [0.3, 0.4) is 0 Å². The molecule has 0 saturated heterocycles. The molecule has 0 radical (unpaired) electrons. The molecule has 0 saturated carbocycles. The summed E-state index contributed by atoms with van der Waals surface area (Å²) in [6.45, 7) is -2.85. The summed E-state index contributed by atoms with van der Waals surface area (Å²) in [6.07, 6.45) is 4.97. The molecule has 124 valence electrons. The number of alkyl halides is 2. The highest BCUT2D eigenvalue weighted by atomic mass is 32.2. The Hall–Kier alpha value is -2.68. The number of halogens is 2. The third-order valence-electron chi connectivity index (χ3n) is 2.96. The van der Waals surface area contributed by atoms with E-state index in [0.717, 1.165) is 0 Å². The Balaban J connectivity index is 1.85. The quantitative estimate of drug-likeness (QED) is 0.500. The van der Waals surface area contributed by atoms with Crippen LogP contribution in [0.2, 0.25) is 0 Å². The lowest BCUT2D eigenvalue weighted by Crippen LogP contribution is -2.01. The molecule has 0 aliphatic carbocycles. The second-order valence-electron chi connectivity index (χ2n) is 4.49. The first-order valence-corrected chi connectivity index (χ1v) is 8.02. The first-order chi connectivity index (χ1) is 11.7. The van der Waals surface area contributed by atoms with Crippen molar-refractivity contribution in [3.05, 3.63) is 48.2 Å². The lowest BCUT2D eigenvalue weighted by Gasteiger charge is -2.04. The molecule has 0 aliphatic heterocycles. The molecule has 0 amide bonds. The summed E-state index contributed by atoms with van der Waals surface area (Å²) in [5.74, 6) is 1.10. The summed E-state index contributed by atoms with van der Waals surface area (Å²) in [5.41, 5.74) is 0.711. The number of nitrogens with zero attached hydrogens (tertiary/aromatic N) is 4. The highest BCUT2D eigenvalue weighted by Crippen LogP contribution is 2.23. The van der Waals surface area contributed by atoms with Crippen LogP contribution in [-0.2, 0) is 0 Å². The average Bonchev–Trinajstić information content (AvgIpc) is 3.22. The summed E-state index contributed by atoms with van der Waals surface area (Å²) in [7, 11) is 0. The summed E-state index contributed by atoms with van der Waals surface area (Å²) >= 11 is 1.39. The van der Waals surface area contributed by atoms with Crippen LogP contribution in [0.1, 0.15) is 5.56 Å². The van der Waals surface area contributed by atoms with Gasteiger partial charge in [-0.25, -0.2) is 0 Å². The van der Waals surface area contributed by atoms with E-state index in [9.17, 15) is 8.78 Å². The standard InChI is InChI=1S/C15H12F2N4O2S/c1-24-15-20-19-13(12-3-2-8-22-12)21(15)18-9-10-4-6-11(7-5-10)23-14(16)17/h2-9,14H,1H3. The van der Waals surface area contributed by atoms with Crippen LogP contribution in [0.25, 0.3) is 11.6 Å². The van der Waals surface area contributed by atoms with Crippen molar-refractivity contribution in [2.24, 2.45) is 5.10 Å². The molecular formula is C15H12F2N4O2S. The Morgan fingerprint density at radius 1 is 1.25 bits per heavy atom. The Morgan fingerprint density at radius 3 is 2.67 bits per heavy atom. The number of benzene rings is 1. The van der Waals surface area contributed by atoms with Gasteiger partial charge in [-0.3, -0.25) is 0 Å². The van der Waals surface area contributed by atoms with Gasteiger partial charge in [-0.2, -0.15) is 18.6 Å². The molecular weight excluding hydrogens is 338 g/mol. The average molecular weight is 350 g/mol. The topological polar surface area (TPSA) is 65.4 Å². The van der Waals surface area contributed by atoms with Gasteiger partial charge in [0, 0.05) is 0 Å². The molecule has 0 bridgehead atoms. The number of furan rings is 1. The van der Waals surface area contributed by atoms with Gasteiger partial charge in [0.2, 0.25) is 11.0 Å². The molecule has 0 spiro atoms. The van der Waals surface area contributed by atoms with Crippen molar-refractivity contribution in [2.45, 2.75) is 11.8 Å². The highest BCUT2D eigenvalue weighted by molar-refractivity contribution is 7.98. The molecule has 0 unspecified atom stereocenters. The fraction of sp³-hybridized carbons (Fsp3) is 0.133. The summed E-state index contributed by atoms with van der Waals surface area (Å²) < 4.78 is 35.5. The van der Waals surface area contributed by atoms with Gasteiger partial charge in [-0.15, -0.1) is 10.2 Å². The molecule has 2 heterocycles. The number of thioether (sulfide) groups is 1. The maximum Gasteiger partial charge on any atom is 0.387 e. The number of hydrogen-bond acceptors (Lipinski definition) is 6. The van der Waals surface area contributed by atoms with E-state index in [0.29, 0.717) is 22.3 Å². The molecule has 3 rings (SSSR count). The Bertz CT molecular complexity index is 817. The van der Waals surface area contributed by atoms with Gasteiger partial charge in [0.15, 0.2) is 5.76 Å². The zero-order valence-corrected chi connectivity index (χ0v) is 13.3. The largest absolute Gasteiger partial charge is 0.461 e. The SMILES string of the molecule is CSc1nnc(-c2ccco2)n1N=Cc1ccc(OC(F)F)cc1. The fourth-order valence-corrected chi connectivity index (χ4v) is 2.35. The lowest BCUT2D eigenvalue weighted by molar-refractivity contribution is -0.0498. The van der Waals surface area contributed by atoms with Gasteiger partial charge in [0.1, 0.15) is 5.75 Å². The third kappa shape index (κ3) is 3.62. The van der Waals surface area contributed by atoms with Crippen molar-refractivity contribution in [1.82, 2.24) is 14.9 Å². The van der Waals surface area contributed by atoms with Gasteiger partial charge >= 0.3 is 6.61 Å². The lowest BCUT2D eigenvalue weighted by atomic mass is 10.2. The van der Waals surface area contributed by atoms with Crippen molar-refractivity contribution in [3.8, 4) is 17.3 Å². The zero-order chi connectivity index (χ0) is 16.9. The molecule has 2 aromatic heterocycles. The molecule has 6 nitrogen and oxygen atoms in total. The van der Waals surface area contributed by atoms with Crippen molar-refractivity contribution >= 4 is 18.0 Å². The predicted octanol–water partition coefficient (Wildman–Crippen LogP) is 3.74. The Morgan fingerprint density at radius 2 is 2.04 bits per heavy atom. The maximum atomic E-state index is 12.1. The Kier molecular flexibility index (Phi) is 4.90. The summed E-state index contributed by atoms with van der Waals surface area (Å²) in [4.78, 5) is 0. The third-order valence-corrected chi connectivity index (χ3v) is 3.58. The van der Waals surface area contributed by atoms with E-state index in [4.69, 9.17) is 4.42 Å². The van der Waals surface area contributed by atoms with Crippen LogP contribution in [0, 0.1) is 0 Å². The zero-order valence-electron chi connectivity index (χ0n) is 12.5. The van der Waals surface area contributed by atoms with Crippen molar-refractivity contribution in [3.63, 3.8) is 0 Å². The van der Waals surface area contributed by atoms with Crippen LogP contribution in [0.5, 0.6) is 5.75 Å². The van der Waals surface area contributed by atoms with E-state index >= 15 is 0 Å². The second-order valence-corrected chi connectivity index (χ2v) is 5.26. The van der Waals surface area contributed by atoms with E-state index in [1.165, 1.54) is 23.9 Å². The van der Waals surface area contributed by atoms with Crippen LogP contribution in [0.15, 0.2) is 57.3 Å². The Labute approximate surface area is 140 Å². The van der Waals surface area contributed by atoms with E-state index in [1.54, 1.807) is 41.4 Å². The highest BCUT2D eigenvalue weighted by Gasteiger charge is 2.14. The molecule has 9 heteroatoms. The first-order valence-electron chi connectivity index (χ1n) is 6.80. The minimum absolute atomic E-state index is 0.0903. The molecule has 0 atom stereocenters. The number of hydrogen-bond donors (Lipinski definition) is 0. The van der Waals surface area contributed by atoms with E-state index in [2.05, 4.69) is 20.0 Å². The van der Waals surface area contributed by atoms with Crippen molar-refractivity contribution < 1.29 is 17.9 Å². The number of rotatable bonds is 6. The van der Waals surface area contributed by atoms with Crippen LogP contribution in [0.4, 0.5) is 8.78 Å². The summed E-state index contributed by atoms with van der Waals surface area (Å²) in [6, 6.07) is 9.65. The normalized spacial score (nSPS) is 11.5. The monoisotopic (exact) mass is 350 g/mol. The van der Waals surface area contributed by atoms with Crippen LogP contribution >= 0.6 is 11.8 Å². The molecule has 3 aromatic rings. The smallest absolute Gasteiger partial charge is 0.387 e. The van der Waals surface area contributed by atoms with Gasteiger partial charge in [-0.1, -0.05) is 11.8 Å². The van der Waals surface area contributed by atoms with Crippen LogP contribution in [-0.4, -0.2) is 34.0 Å². The molecule has 0 fully saturated rings. The number of ether oxygens (including phenoxy) is 1. The van der Waals surface area contributed by atoms with Crippen molar-refractivity contribution in [1.29, 1.82) is 0 Å². The van der Waals surface area contributed by atoms with Gasteiger partial charge in [0.05, 0.1) is 12.5 Å². The minimum atomic E-state index is -2.85. The van der Waals surface area contributed by atoms with Gasteiger partial charge in [0.25, 0.3) is 0 Å². The molecule has 1 aromatic carbocycles. The van der Waals surface area contributed by atoms with Gasteiger partial charge < -0.3 is 9.15 Å². The molecule has 0 aliphatic rings. The first kappa shape index (κ1) is 16.2. The fourth-order valence-electron chi connectivity index (χ4n) is 1.92. The predicted molar refractivity (Wildman–Crippen MR) is 85.6 cm³/mol. The second kappa shape index (κ2) is 7.26. The number of aromatic nitrogens is 3. The van der Waals surface area contributed by atoms with E-state index < -0.39 is 6.61 Å². The van der Waals surface area contributed by atoms with E-state index in [1.807, 2.05) is 6.26 Å². The minimum Gasteiger partial charge on any atom is -0.461 e. The van der Waals surface area contributed by atoms with Crippen LogP contribution < -0.4 is 4.74 Å². The van der Waals surface area contributed by atoms with Crippen molar-refractivity contribution in [2.75, 3.05) is 6.26 Å². The summed E-state index contributed by atoms with van der Waals surface area (Å²) in [5, 5.41) is 13.1. The van der Waals surface area contributed by atoms with Gasteiger partial charge in [-0.05, 0) is 48.2 Å². The molecule has 24 heavy (non-hydrogen) atoms.